The third-order valence-corrected chi connectivity index (χ3v) is 4.82. The molecule has 2 rings (SSSR count). The van der Waals surface area contributed by atoms with E-state index in [-0.39, 0.29) is 24.4 Å². The fourth-order valence-electron chi connectivity index (χ4n) is 2.72. The van der Waals surface area contributed by atoms with Crippen LogP contribution in [-0.2, 0) is 14.0 Å². The molecule has 0 aromatic heterocycles. The maximum absolute atomic E-state index is 12.2. The van der Waals surface area contributed by atoms with Gasteiger partial charge in [-0.25, -0.2) is 4.79 Å². The average Bonchev–Trinajstić information content (AvgIpc) is 2.55. The lowest BCUT2D eigenvalue weighted by atomic mass is 9.72. The monoisotopic (exact) mass is 323 g/mol. The van der Waals surface area contributed by atoms with Gasteiger partial charge < -0.3 is 18.9 Å². The SMILES string of the molecule is CC1=C(B2OC(C)(C)C(C)(C)O2)CCN(C(=O)OC(C)(C)C)C1. The zero-order valence-corrected chi connectivity index (χ0v) is 15.8. The van der Waals surface area contributed by atoms with Gasteiger partial charge in [-0.3, -0.25) is 0 Å². The van der Waals surface area contributed by atoms with Crippen molar-refractivity contribution in [1.82, 2.24) is 4.90 Å². The van der Waals surface area contributed by atoms with E-state index >= 15 is 0 Å². The Labute approximate surface area is 140 Å². The molecule has 0 aromatic carbocycles. The largest absolute Gasteiger partial charge is 0.490 e. The molecule has 0 bridgehead atoms. The Kier molecular flexibility index (Phi) is 4.64. The Bertz CT molecular complexity index is 503. The molecule has 0 N–H and O–H groups in total. The molecule has 2 aliphatic rings. The summed E-state index contributed by atoms with van der Waals surface area (Å²) in [5, 5.41) is 0. The fraction of sp³-hybridized carbons (Fsp3) is 0.824. The number of nitrogens with zero attached hydrogens (tertiary/aromatic N) is 1. The molecule has 0 atom stereocenters. The maximum atomic E-state index is 12.2. The summed E-state index contributed by atoms with van der Waals surface area (Å²) in [4.78, 5) is 14.0. The molecule has 0 aromatic rings. The Morgan fingerprint density at radius 2 is 1.70 bits per heavy atom. The second-order valence-corrected chi connectivity index (χ2v) is 8.55. The van der Waals surface area contributed by atoms with Gasteiger partial charge in [0, 0.05) is 13.1 Å². The maximum Gasteiger partial charge on any atom is 0.490 e. The lowest BCUT2D eigenvalue weighted by Gasteiger charge is -2.32. The van der Waals surface area contributed by atoms with E-state index in [9.17, 15) is 4.79 Å². The zero-order chi connectivity index (χ0) is 17.6. The number of carbonyl (C=O) groups excluding carboxylic acids is 1. The van der Waals surface area contributed by atoms with Gasteiger partial charge in [-0.05, 0) is 67.3 Å². The highest BCUT2D eigenvalue weighted by molar-refractivity contribution is 6.54. The highest BCUT2D eigenvalue weighted by atomic mass is 16.7. The van der Waals surface area contributed by atoms with Crippen LogP contribution in [0.5, 0.6) is 0 Å². The molecule has 23 heavy (non-hydrogen) atoms. The Morgan fingerprint density at radius 3 is 2.13 bits per heavy atom. The number of rotatable bonds is 1. The van der Waals surface area contributed by atoms with Crippen molar-refractivity contribution in [3.63, 3.8) is 0 Å². The van der Waals surface area contributed by atoms with Crippen LogP contribution < -0.4 is 0 Å². The molecule has 0 aliphatic carbocycles. The minimum atomic E-state index is -0.472. The molecule has 1 fully saturated rings. The summed E-state index contributed by atoms with van der Waals surface area (Å²) < 4.78 is 17.7. The van der Waals surface area contributed by atoms with Crippen molar-refractivity contribution in [2.75, 3.05) is 13.1 Å². The highest BCUT2D eigenvalue weighted by Crippen LogP contribution is 2.40. The number of ether oxygens (including phenoxy) is 1. The Morgan fingerprint density at radius 1 is 1.17 bits per heavy atom. The molecule has 130 valence electrons. The number of amides is 1. The molecule has 1 saturated heterocycles. The van der Waals surface area contributed by atoms with Crippen molar-refractivity contribution in [3.05, 3.63) is 11.0 Å². The molecule has 2 heterocycles. The molecular formula is C17H30BNO4. The molecule has 5 nitrogen and oxygen atoms in total. The predicted octanol–water partition coefficient (Wildman–Crippen LogP) is 3.58. The molecular weight excluding hydrogens is 293 g/mol. The first-order valence-corrected chi connectivity index (χ1v) is 8.34. The van der Waals surface area contributed by atoms with Crippen molar-refractivity contribution in [2.24, 2.45) is 0 Å². The van der Waals surface area contributed by atoms with E-state index in [0.717, 1.165) is 17.5 Å². The van der Waals surface area contributed by atoms with E-state index < -0.39 is 5.60 Å². The minimum Gasteiger partial charge on any atom is -0.444 e. The van der Waals surface area contributed by atoms with E-state index in [1.807, 2.05) is 27.7 Å². The number of hydrogen-bond acceptors (Lipinski definition) is 4. The number of hydrogen-bond donors (Lipinski definition) is 0. The molecule has 0 spiro atoms. The summed E-state index contributed by atoms with van der Waals surface area (Å²) >= 11 is 0. The van der Waals surface area contributed by atoms with Gasteiger partial charge in [-0.2, -0.15) is 0 Å². The highest BCUT2D eigenvalue weighted by Gasteiger charge is 2.53. The zero-order valence-electron chi connectivity index (χ0n) is 15.8. The van der Waals surface area contributed by atoms with E-state index in [1.165, 1.54) is 0 Å². The number of carbonyl (C=O) groups is 1. The van der Waals surface area contributed by atoms with E-state index in [4.69, 9.17) is 14.0 Å². The van der Waals surface area contributed by atoms with Crippen LogP contribution in [-0.4, -0.2) is 48.0 Å². The van der Waals surface area contributed by atoms with Crippen LogP contribution in [0.4, 0.5) is 4.79 Å². The lowest BCUT2D eigenvalue weighted by molar-refractivity contribution is 0.00578. The second kappa shape index (κ2) is 5.81. The summed E-state index contributed by atoms with van der Waals surface area (Å²) in [6.07, 6.45) is 0.492. The van der Waals surface area contributed by atoms with Gasteiger partial charge in [0.05, 0.1) is 11.2 Å². The van der Waals surface area contributed by atoms with Crippen LogP contribution in [0.1, 0.15) is 61.8 Å². The Balaban J connectivity index is 2.07. The lowest BCUT2D eigenvalue weighted by Crippen LogP contribution is -2.42. The van der Waals surface area contributed by atoms with Crippen molar-refractivity contribution in [3.8, 4) is 0 Å². The van der Waals surface area contributed by atoms with E-state index in [1.54, 1.807) is 4.90 Å². The van der Waals surface area contributed by atoms with Crippen LogP contribution in [0.2, 0.25) is 0 Å². The van der Waals surface area contributed by atoms with Crippen molar-refractivity contribution in [1.29, 1.82) is 0 Å². The summed E-state index contributed by atoms with van der Waals surface area (Å²) in [6.45, 7) is 17.1. The van der Waals surface area contributed by atoms with Gasteiger partial charge in [0.15, 0.2) is 0 Å². The molecule has 0 saturated carbocycles. The van der Waals surface area contributed by atoms with Crippen LogP contribution in [0.25, 0.3) is 0 Å². The van der Waals surface area contributed by atoms with Crippen LogP contribution in [0.3, 0.4) is 0 Å². The van der Waals surface area contributed by atoms with Gasteiger partial charge >= 0.3 is 13.2 Å². The second-order valence-electron chi connectivity index (χ2n) is 8.55. The van der Waals surface area contributed by atoms with Gasteiger partial charge in [0.1, 0.15) is 5.60 Å². The third kappa shape index (κ3) is 3.91. The molecule has 0 radical (unpaired) electrons. The van der Waals surface area contributed by atoms with Gasteiger partial charge in [0.2, 0.25) is 0 Å². The first-order chi connectivity index (χ1) is 10.3. The van der Waals surface area contributed by atoms with Crippen molar-refractivity contribution in [2.45, 2.75) is 78.6 Å². The van der Waals surface area contributed by atoms with E-state index in [2.05, 4.69) is 27.7 Å². The third-order valence-electron chi connectivity index (χ3n) is 4.82. The Hall–Kier alpha value is -1.01. The average molecular weight is 323 g/mol. The summed E-state index contributed by atoms with van der Waals surface area (Å²) in [5.41, 5.74) is 1.13. The molecule has 6 heteroatoms. The van der Waals surface area contributed by atoms with Crippen molar-refractivity contribution < 1.29 is 18.8 Å². The van der Waals surface area contributed by atoms with Crippen molar-refractivity contribution >= 4 is 13.2 Å². The molecule has 1 amide bonds. The fourth-order valence-corrected chi connectivity index (χ4v) is 2.72. The van der Waals surface area contributed by atoms with Crippen LogP contribution in [0, 0.1) is 0 Å². The smallest absolute Gasteiger partial charge is 0.444 e. The quantitative estimate of drug-likeness (QED) is 0.692. The topological polar surface area (TPSA) is 48.0 Å². The van der Waals surface area contributed by atoms with Gasteiger partial charge in [-0.15, -0.1) is 0 Å². The van der Waals surface area contributed by atoms with Gasteiger partial charge in [-0.1, -0.05) is 5.57 Å². The molecule has 2 aliphatic heterocycles. The first kappa shape index (κ1) is 18.3. The molecule has 0 unspecified atom stereocenters. The summed E-state index contributed by atoms with van der Waals surface area (Å²) in [5.74, 6) is 0. The first-order valence-electron chi connectivity index (χ1n) is 8.34. The van der Waals surface area contributed by atoms with Crippen LogP contribution in [0.15, 0.2) is 11.0 Å². The summed E-state index contributed by atoms with van der Waals surface area (Å²) in [6, 6.07) is 0. The van der Waals surface area contributed by atoms with Gasteiger partial charge in [0.25, 0.3) is 0 Å². The predicted molar refractivity (Wildman–Crippen MR) is 91.2 cm³/mol. The minimum absolute atomic E-state index is 0.259. The van der Waals surface area contributed by atoms with Crippen LogP contribution >= 0.6 is 0 Å². The standard InChI is InChI=1S/C17H30BNO4/c1-12-11-19(14(20)21-15(2,3)4)10-9-13(12)18-22-16(5,6)17(7,8)23-18/h9-11H2,1-8H3. The summed E-state index contributed by atoms with van der Waals surface area (Å²) in [7, 11) is -0.319. The normalized spacial score (nSPS) is 24.2. The van der Waals surface area contributed by atoms with E-state index in [0.29, 0.717) is 13.1 Å².